The van der Waals surface area contributed by atoms with Gasteiger partial charge in [0.25, 0.3) is 0 Å². The molecule has 1 amide bonds. The molecule has 3 heteroatoms. The van der Waals surface area contributed by atoms with Gasteiger partial charge in [0.1, 0.15) is 0 Å². The Morgan fingerprint density at radius 3 is 2.73 bits per heavy atom. The minimum absolute atomic E-state index is 0.272. The molecule has 0 radical (unpaired) electrons. The van der Waals surface area contributed by atoms with Crippen LogP contribution in [0.25, 0.3) is 0 Å². The van der Waals surface area contributed by atoms with Crippen molar-refractivity contribution in [2.45, 2.75) is 51.0 Å². The predicted octanol–water partition coefficient (Wildman–Crippen LogP) is 2.86. The lowest BCUT2D eigenvalue weighted by atomic mass is 9.95. The van der Waals surface area contributed by atoms with E-state index in [1.165, 1.54) is 25.7 Å². The minimum atomic E-state index is 0.272. The van der Waals surface area contributed by atoms with Crippen molar-refractivity contribution in [3.63, 3.8) is 0 Å². The Morgan fingerprint density at radius 2 is 2.13 bits per heavy atom. The van der Waals surface area contributed by atoms with Gasteiger partial charge in [0, 0.05) is 17.8 Å². The number of halogens is 1. The Labute approximate surface area is 100 Å². The van der Waals surface area contributed by atoms with Crippen LogP contribution < -0.4 is 5.32 Å². The van der Waals surface area contributed by atoms with Gasteiger partial charge in [-0.1, -0.05) is 22.4 Å². The molecule has 3 atom stereocenters. The van der Waals surface area contributed by atoms with Gasteiger partial charge in [-0.3, -0.25) is 4.79 Å². The van der Waals surface area contributed by atoms with E-state index in [0.29, 0.717) is 12.5 Å². The van der Waals surface area contributed by atoms with Crippen molar-refractivity contribution in [3.8, 4) is 0 Å². The maximum atomic E-state index is 11.6. The lowest BCUT2D eigenvalue weighted by Crippen LogP contribution is -2.38. The van der Waals surface area contributed by atoms with Crippen molar-refractivity contribution >= 4 is 21.8 Å². The Balaban J connectivity index is 1.66. The third kappa shape index (κ3) is 2.96. The summed E-state index contributed by atoms with van der Waals surface area (Å²) in [6.45, 7) is 0. The molecule has 15 heavy (non-hydrogen) atoms. The molecule has 0 aliphatic heterocycles. The number of nitrogens with one attached hydrogen (secondary N) is 1. The molecular formula is C12H20BrNO. The minimum Gasteiger partial charge on any atom is -0.353 e. The van der Waals surface area contributed by atoms with Gasteiger partial charge < -0.3 is 5.32 Å². The summed E-state index contributed by atoms with van der Waals surface area (Å²) in [5.74, 6) is 1.99. The van der Waals surface area contributed by atoms with Crippen molar-refractivity contribution in [3.05, 3.63) is 0 Å². The van der Waals surface area contributed by atoms with Crippen LogP contribution in [0.2, 0.25) is 0 Å². The molecule has 86 valence electrons. The summed E-state index contributed by atoms with van der Waals surface area (Å²) in [6.07, 6.45) is 8.18. The van der Waals surface area contributed by atoms with Gasteiger partial charge in [-0.05, 0) is 43.9 Å². The van der Waals surface area contributed by atoms with Gasteiger partial charge >= 0.3 is 0 Å². The van der Waals surface area contributed by atoms with Gasteiger partial charge in [-0.25, -0.2) is 0 Å². The fraction of sp³-hybridized carbons (Fsp3) is 0.917. The molecule has 2 aliphatic carbocycles. The second-order valence-electron chi connectivity index (χ2n) is 4.99. The number of fused-ring (bicyclic) bond motifs is 2. The van der Waals surface area contributed by atoms with Crippen LogP contribution in [0.3, 0.4) is 0 Å². The highest BCUT2D eigenvalue weighted by molar-refractivity contribution is 9.09. The van der Waals surface area contributed by atoms with Gasteiger partial charge in [-0.15, -0.1) is 0 Å². The summed E-state index contributed by atoms with van der Waals surface area (Å²) in [6, 6.07) is 0.514. The molecule has 2 aliphatic rings. The monoisotopic (exact) mass is 273 g/mol. The highest BCUT2D eigenvalue weighted by Gasteiger charge is 2.39. The van der Waals surface area contributed by atoms with Crippen molar-refractivity contribution < 1.29 is 4.79 Å². The van der Waals surface area contributed by atoms with Crippen molar-refractivity contribution in [2.24, 2.45) is 11.8 Å². The first kappa shape index (κ1) is 11.4. The second kappa shape index (κ2) is 5.33. The molecule has 1 N–H and O–H groups in total. The molecule has 0 spiro atoms. The molecule has 0 aromatic rings. The molecule has 2 nitrogen and oxygen atoms in total. The quantitative estimate of drug-likeness (QED) is 0.606. The first-order valence-electron chi connectivity index (χ1n) is 6.15. The van der Waals surface area contributed by atoms with E-state index in [1.54, 1.807) is 0 Å². The molecule has 2 fully saturated rings. The van der Waals surface area contributed by atoms with Crippen molar-refractivity contribution in [1.82, 2.24) is 5.32 Å². The average molecular weight is 274 g/mol. The summed E-state index contributed by atoms with van der Waals surface area (Å²) in [5.41, 5.74) is 0. The summed E-state index contributed by atoms with van der Waals surface area (Å²) in [4.78, 5) is 11.6. The molecule has 0 saturated heterocycles. The highest BCUT2D eigenvalue weighted by Crippen LogP contribution is 2.44. The molecule has 0 aromatic carbocycles. The van der Waals surface area contributed by atoms with Crippen LogP contribution in [0.1, 0.15) is 44.9 Å². The Hall–Kier alpha value is -0.0500. The van der Waals surface area contributed by atoms with Gasteiger partial charge in [0.2, 0.25) is 5.91 Å². The summed E-state index contributed by atoms with van der Waals surface area (Å²) in [5, 5.41) is 4.22. The highest BCUT2D eigenvalue weighted by atomic mass is 79.9. The fourth-order valence-corrected chi connectivity index (χ4v) is 3.48. The number of carbonyl (C=O) groups is 1. The topological polar surface area (TPSA) is 29.1 Å². The third-order valence-corrected chi connectivity index (χ3v) is 4.43. The van der Waals surface area contributed by atoms with E-state index in [4.69, 9.17) is 0 Å². The summed E-state index contributed by atoms with van der Waals surface area (Å²) in [7, 11) is 0. The second-order valence-corrected chi connectivity index (χ2v) is 5.79. The van der Waals surface area contributed by atoms with Crippen molar-refractivity contribution in [2.75, 3.05) is 5.33 Å². The Bertz CT molecular complexity index is 232. The number of hydrogen-bond acceptors (Lipinski definition) is 1. The molecule has 3 unspecified atom stereocenters. The molecular weight excluding hydrogens is 254 g/mol. The van der Waals surface area contributed by atoms with E-state index in [2.05, 4.69) is 21.2 Å². The SMILES string of the molecule is O=C(CCCCBr)NC1CC2CCC1C2. The third-order valence-electron chi connectivity index (χ3n) is 3.87. The molecule has 0 aromatic heterocycles. The number of amides is 1. The van der Waals surface area contributed by atoms with Crippen LogP contribution in [0.15, 0.2) is 0 Å². The summed E-state index contributed by atoms with van der Waals surface area (Å²) < 4.78 is 0. The van der Waals surface area contributed by atoms with Crippen LogP contribution >= 0.6 is 15.9 Å². The Kier molecular flexibility index (Phi) is 4.06. The first-order valence-corrected chi connectivity index (χ1v) is 7.27. The number of alkyl halides is 1. The Morgan fingerprint density at radius 1 is 1.27 bits per heavy atom. The van der Waals surface area contributed by atoms with Gasteiger partial charge in [0.15, 0.2) is 0 Å². The number of rotatable bonds is 5. The largest absolute Gasteiger partial charge is 0.353 e. The zero-order valence-electron chi connectivity index (χ0n) is 9.18. The number of unbranched alkanes of at least 4 members (excludes halogenated alkanes) is 1. The zero-order chi connectivity index (χ0) is 10.7. The standard InChI is InChI=1S/C12H20BrNO/c13-6-2-1-3-12(15)14-11-8-9-4-5-10(11)7-9/h9-11H,1-8H2,(H,14,15). The maximum absolute atomic E-state index is 11.6. The average Bonchev–Trinajstić information content (AvgIpc) is 2.79. The van der Waals surface area contributed by atoms with Crippen LogP contribution in [0.5, 0.6) is 0 Å². The lowest BCUT2D eigenvalue weighted by Gasteiger charge is -2.22. The number of hydrogen-bond donors (Lipinski definition) is 1. The van der Waals surface area contributed by atoms with E-state index in [1.807, 2.05) is 0 Å². The maximum Gasteiger partial charge on any atom is 0.220 e. The predicted molar refractivity (Wildman–Crippen MR) is 65.0 cm³/mol. The van der Waals surface area contributed by atoms with E-state index in [9.17, 15) is 4.79 Å². The summed E-state index contributed by atoms with van der Waals surface area (Å²) >= 11 is 3.38. The van der Waals surface area contributed by atoms with E-state index >= 15 is 0 Å². The first-order chi connectivity index (χ1) is 7.29. The van der Waals surface area contributed by atoms with Gasteiger partial charge in [0.05, 0.1) is 0 Å². The van der Waals surface area contributed by atoms with Crippen molar-refractivity contribution in [1.29, 1.82) is 0 Å². The van der Waals surface area contributed by atoms with E-state index in [0.717, 1.165) is 30.0 Å². The molecule has 2 bridgehead atoms. The van der Waals surface area contributed by atoms with Crippen LogP contribution in [0.4, 0.5) is 0 Å². The van der Waals surface area contributed by atoms with E-state index < -0.39 is 0 Å². The van der Waals surface area contributed by atoms with Gasteiger partial charge in [-0.2, -0.15) is 0 Å². The zero-order valence-corrected chi connectivity index (χ0v) is 10.8. The normalized spacial score (nSPS) is 33.3. The van der Waals surface area contributed by atoms with E-state index in [-0.39, 0.29) is 5.91 Å². The molecule has 2 rings (SSSR count). The fourth-order valence-electron chi connectivity index (χ4n) is 3.08. The number of carbonyl (C=O) groups excluding carboxylic acids is 1. The van der Waals surface area contributed by atoms with Crippen LogP contribution in [-0.4, -0.2) is 17.3 Å². The van der Waals surface area contributed by atoms with Crippen LogP contribution in [0, 0.1) is 11.8 Å². The lowest BCUT2D eigenvalue weighted by molar-refractivity contribution is -0.122. The smallest absolute Gasteiger partial charge is 0.220 e. The molecule has 0 heterocycles. The molecule has 2 saturated carbocycles. The van der Waals surface area contributed by atoms with Crippen LogP contribution in [-0.2, 0) is 4.79 Å².